The summed E-state index contributed by atoms with van der Waals surface area (Å²) in [7, 11) is 0. The van der Waals surface area contributed by atoms with Crippen LogP contribution in [0.3, 0.4) is 0 Å². The molecule has 0 spiro atoms. The summed E-state index contributed by atoms with van der Waals surface area (Å²) in [6.07, 6.45) is 3.62. The molecule has 0 heterocycles. The van der Waals surface area contributed by atoms with Crippen LogP contribution < -0.4 is 0 Å². The second-order valence-electron chi connectivity index (χ2n) is 4.60. The first-order valence-electron chi connectivity index (χ1n) is 6.47. The van der Waals surface area contributed by atoms with Crippen molar-refractivity contribution in [2.75, 3.05) is 0 Å². The lowest BCUT2D eigenvalue weighted by Crippen LogP contribution is -1.96. The van der Waals surface area contributed by atoms with E-state index in [0.29, 0.717) is 17.2 Å². The van der Waals surface area contributed by atoms with E-state index in [4.69, 9.17) is 17.0 Å². The molecule has 108 valence electrons. The van der Waals surface area contributed by atoms with Crippen molar-refractivity contribution in [2.45, 2.75) is 13.5 Å². The molecule has 0 atom stereocenters. The van der Waals surface area contributed by atoms with Crippen molar-refractivity contribution in [3.8, 4) is 11.5 Å². The molecule has 0 saturated heterocycles. The number of rotatable bonds is 4. The van der Waals surface area contributed by atoms with Crippen molar-refractivity contribution in [3.05, 3.63) is 59.2 Å². The van der Waals surface area contributed by atoms with Crippen molar-refractivity contribution in [1.82, 2.24) is 0 Å². The molecule has 0 saturated carbocycles. The highest BCUT2D eigenvalue weighted by atomic mass is 32.1. The number of aromatic hydroxyl groups is 2. The number of ether oxygens (including phenoxy) is 1. The zero-order valence-corrected chi connectivity index (χ0v) is 12.4. The minimum Gasteiger partial charge on any atom is -0.508 e. The Bertz CT molecular complexity index is 660. The Labute approximate surface area is 129 Å². The van der Waals surface area contributed by atoms with Crippen LogP contribution in [0, 0.1) is 0 Å². The summed E-state index contributed by atoms with van der Waals surface area (Å²) in [5.74, 6) is 0.251. The van der Waals surface area contributed by atoms with Crippen molar-refractivity contribution >= 4 is 29.4 Å². The summed E-state index contributed by atoms with van der Waals surface area (Å²) in [6.45, 7) is 2.21. The predicted octanol–water partition coefficient (Wildman–Crippen LogP) is 4.13. The third-order valence-electron chi connectivity index (χ3n) is 2.89. The van der Waals surface area contributed by atoms with Crippen LogP contribution >= 0.6 is 12.2 Å². The highest BCUT2D eigenvalue weighted by molar-refractivity contribution is 7.80. The second kappa shape index (κ2) is 6.90. The van der Waals surface area contributed by atoms with Crippen LogP contribution in [0.1, 0.15) is 23.6 Å². The van der Waals surface area contributed by atoms with Gasteiger partial charge < -0.3 is 14.9 Å². The van der Waals surface area contributed by atoms with E-state index in [1.807, 2.05) is 30.3 Å². The lowest BCUT2D eigenvalue weighted by atomic mass is 10.1. The molecule has 0 amide bonds. The zero-order chi connectivity index (χ0) is 15.2. The molecule has 3 nitrogen and oxygen atoms in total. The van der Waals surface area contributed by atoms with Crippen LogP contribution in [0.25, 0.3) is 12.2 Å². The van der Waals surface area contributed by atoms with Gasteiger partial charge >= 0.3 is 0 Å². The summed E-state index contributed by atoms with van der Waals surface area (Å²) < 4.78 is 5.28. The maximum atomic E-state index is 9.69. The van der Waals surface area contributed by atoms with E-state index >= 15 is 0 Å². The molecular weight excluding hydrogens is 284 g/mol. The smallest absolute Gasteiger partial charge is 0.157 e. The van der Waals surface area contributed by atoms with Crippen LogP contribution in [0.4, 0.5) is 0 Å². The quantitative estimate of drug-likeness (QED) is 0.506. The van der Waals surface area contributed by atoms with Crippen LogP contribution in [0.2, 0.25) is 0 Å². The Morgan fingerprint density at radius 2 is 1.81 bits per heavy atom. The monoisotopic (exact) mass is 300 g/mol. The fourth-order valence-electron chi connectivity index (χ4n) is 1.77. The van der Waals surface area contributed by atoms with Crippen LogP contribution in [-0.4, -0.2) is 15.3 Å². The van der Waals surface area contributed by atoms with E-state index in [-0.39, 0.29) is 11.5 Å². The van der Waals surface area contributed by atoms with Gasteiger partial charge in [0.25, 0.3) is 0 Å². The van der Waals surface area contributed by atoms with E-state index in [0.717, 1.165) is 11.1 Å². The Morgan fingerprint density at radius 1 is 1.10 bits per heavy atom. The van der Waals surface area contributed by atoms with Crippen molar-refractivity contribution in [1.29, 1.82) is 0 Å². The summed E-state index contributed by atoms with van der Waals surface area (Å²) in [5, 5.41) is 19.6. The largest absolute Gasteiger partial charge is 0.508 e. The van der Waals surface area contributed by atoms with Crippen LogP contribution in [0.15, 0.2) is 42.5 Å². The molecule has 2 N–H and O–H groups in total. The predicted molar refractivity (Wildman–Crippen MR) is 88.2 cm³/mol. The molecular formula is C17H16O3S. The number of hydrogen-bond acceptors (Lipinski definition) is 4. The maximum Gasteiger partial charge on any atom is 0.157 e. The average Bonchev–Trinajstić information content (AvgIpc) is 2.47. The Morgan fingerprint density at radius 3 is 2.48 bits per heavy atom. The minimum atomic E-state index is 0.121. The number of benzene rings is 2. The molecule has 0 radical (unpaired) electrons. The highest BCUT2D eigenvalue weighted by Gasteiger charge is 1.99. The van der Waals surface area contributed by atoms with Gasteiger partial charge in [-0.15, -0.1) is 0 Å². The van der Waals surface area contributed by atoms with Gasteiger partial charge in [0.15, 0.2) is 5.05 Å². The number of thiocarbonyl (C=S) groups is 1. The number of phenolic OH excluding ortho intramolecular Hbond substituents is 2. The van der Waals surface area contributed by atoms with E-state index in [1.165, 1.54) is 18.2 Å². The SMILES string of the molecule is CC(=S)OCc1ccc(C=Cc2cc(O)ccc2O)cc1. The van der Waals surface area contributed by atoms with E-state index < -0.39 is 0 Å². The molecule has 2 rings (SSSR count). The first-order valence-corrected chi connectivity index (χ1v) is 6.88. The first-order chi connectivity index (χ1) is 10.0. The molecule has 0 aliphatic heterocycles. The summed E-state index contributed by atoms with van der Waals surface area (Å²) >= 11 is 4.86. The second-order valence-corrected chi connectivity index (χ2v) is 5.17. The number of phenols is 2. The maximum absolute atomic E-state index is 9.69. The summed E-state index contributed by atoms with van der Waals surface area (Å²) in [5.41, 5.74) is 2.59. The third kappa shape index (κ3) is 4.61. The topological polar surface area (TPSA) is 49.7 Å². The minimum absolute atomic E-state index is 0.121. The molecule has 0 aliphatic rings. The van der Waals surface area contributed by atoms with Gasteiger partial charge in [-0.05, 0) is 41.5 Å². The first kappa shape index (κ1) is 15.1. The molecule has 0 unspecified atom stereocenters. The molecule has 2 aromatic carbocycles. The lowest BCUT2D eigenvalue weighted by Gasteiger charge is -2.04. The molecule has 2 aromatic rings. The Hall–Kier alpha value is -2.33. The van der Waals surface area contributed by atoms with Crippen molar-refractivity contribution < 1.29 is 14.9 Å². The average molecular weight is 300 g/mol. The standard InChI is InChI=1S/C17H16O3S/c1-12(21)20-11-14-4-2-13(3-5-14)6-7-15-10-16(18)8-9-17(15)19/h2-10,18-19H,11H2,1H3. The van der Waals surface area contributed by atoms with Gasteiger partial charge in [-0.1, -0.05) is 36.4 Å². The van der Waals surface area contributed by atoms with E-state index in [2.05, 4.69) is 0 Å². The molecule has 0 bridgehead atoms. The van der Waals surface area contributed by atoms with Gasteiger partial charge in [0, 0.05) is 12.5 Å². The molecule has 0 aliphatic carbocycles. The summed E-state index contributed by atoms with van der Waals surface area (Å²) in [6, 6.07) is 12.2. The molecule has 0 fully saturated rings. The Balaban J connectivity index is 2.07. The van der Waals surface area contributed by atoms with Gasteiger partial charge in [-0.2, -0.15) is 0 Å². The number of hydrogen-bond donors (Lipinski definition) is 2. The molecule has 0 aromatic heterocycles. The highest BCUT2D eigenvalue weighted by Crippen LogP contribution is 2.24. The van der Waals surface area contributed by atoms with Gasteiger partial charge in [-0.25, -0.2) is 0 Å². The third-order valence-corrected chi connectivity index (χ3v) is 3.01. The van der Waals surface area contributed by atoms with Gasteiger partial charge in [0.1, 0.15) is 18.1 Å². The lowest BCUT2D eigenvalue weighted by molar-refractivity contribution is 0.298. The fraction of sp³-hybridized carbons (Fsp3) is 0.118. The van der Waals surface area contributed by atoms with E-state index in [1.54, 1.807) is 13.0 Å². The van der Waals surface area contributed by atoms with Crippen molar-refractivity contribution in [3.63, 3.8) is 0 Å². The fourth-order valence-corrected chi connectivity index (χ4v) is 1.83. The van der Waals surface area contributed by atoms with Gasteiger partial charge in [0.05, 0.1) is 0 Å². The van der Waals surface area contributed by atoms with Gasteiger partial charge in [-0.3, -0.25) is 0 Å². The van der Waals surface area contributed by atoms with Gasteiger partial charge in [0.2, 0.25) is 0 Å². The molecule has 4 heteroatoms. The zero-order valence-electron chi connectivity index (χ0n) is 11.6. The van der Waals surface area contributed by atoms with Crippen LogP contribution in [-0.2, 0) is 11.3 Å². The van der Waals surface area contributed by atoms with E-state index in [9.17, 15) is 10.2 Å². The summed E-state index contributed by atoms with van der Waals surface area (Å²) in [4.78, 5) is 0. The molecule has 21 heavy (non-hydrogen) atoms. The normalized spacial score (nSPS) is 10.7. The Kier molecular flexibility index (Phi) is 4.95. The van der Waals surface area contributed by atoms with Crippen molar-refractivity contribution in [2.24, 2.45) is 0 Å². The van der Waals surface area contributed by atoms with Crippen LogP contribution in [0.5, 0.6) is 11.5 Å².